The predicted octanol–water partition coefficient (Wildman–Crippen LogP) is 4.19. The van der Waals surface area contributed by atoms with E-state index in [0.29, 0.717) is 6.42 Å². The zero-order valence-electron chi connectivity index (χ0n) is 19.0. The van der Waals surface area contributed by atoms with Gasteiger partial charge >= 0.3 is 18.0 Å². The molecule has 172 valence electrons. The molecule has 2 aromatic rings. The highest BCUT2D eigenvalue weighted by molar-refractivity contribution is 5.84. The van der Waals surface area contributed by atoms with Gasteiger partial charge in [0.15, 0.2) is 6.10 Å². The van der Waals surface area contributed by atoms with Crippen LogP contribution >= 0.6 is 0 Å². The maximum Gasteiger partial charge on any atom is 0.408 e. The summed E-state index contributed by atoms with van der Waals surface area (Å²) in [6, 6.07) is 17.8. The first-order chi connectivity index (χ1) is 15.1. The molecule has 0 saturated carbocycles. The molecule has 1 amide bonds. The van der Waals surface area contributed by atoms with Gasteiger partial charge in [-0.05, 0) is 51.7 Å². The van der Waals surface area contributed by atoms with Gasteiger partial charge in [-0.2, -0.15) is 0 Å². The minimum absolute atomic E-state index is 0.0785. The van der Waals surface area contributed by atoms with Gasteiger partial charge in [0.25, 0.3) is 0 Å². The first-order valence-corrected chi connectivity index (χ1v) is 10.6. The number of rotatable bonds is 9. The van der Waals surface area contributed by atoms with Crippen molar-refractivity contribution in [3.8, 4) is 0 Å². The number of alkyl carbamates (subject to hydrolysis) is 1. The van der Waals surface area contributed by atoms with E-state index in [4.69, 9.17) is 14.2 Å². The van der Waals surface area contributed by atoms with E-state index >= 15 is 0 Å². The molecule has 2 aromatic carbocycles. The van der Waals surface area contributed by atoms with E-state index in [2.05, 4.69) is 5.32 Å². The summed E-state index contributed by atoms with van der Waals surface area (Å²) in [5.41, 5.74) is 1.12. The summed E-state index contributed by atoms with van der Waals surface area (Å²) in [6.45, 7) is 6.71. The second-order valence-electron chi connectivity index (χ2n) is 8.40. The molecule has 0 aromatic heterocycles. The lowest BCUT2D eigenvalue weighted by Gasteiger charge is -2.23. The van der Waals surface area contributed by atoms with Crippen molar-refractivity contribution in [3.63, 3.8) is 0 Å². The number of carbonyl (C=O) groups is 3. The van der Waals surface area contributed by atoms with Crippen molar-refractivity contribution in [2.45, 2.75) is 64.9 Å². The van der Waals surface area contributed by atoms with Gasteiger partial charge in [0, 0.05) is 0 Å². The predicted molar refractivity (Wildman–Crippen MR) is 120 cm³/mol. The van der Waals surface area contributed by atoms with Crippen LogP contribution in [-0.4, -0.2) is 35.8 Å². The van der Waals surface area contributed by atoms with Crippen LogP contribution in [0.1, 0.15) is 45.2 Å². The van der Waals surface area contributed by atoms with Crippen LogP contribution in [-0.2, 0) is 36.8 Å². The Morgan fingerprint density at radius 2 is 1.44 bits per heavy atom. The average Bonchev–Trinajstić information content (AvgIpc) is 2.75. The van der Waals surface area contributed by atoms with Gasteiger partial charge in [-0.3, -0.25) is 0 Å². The number of ether oxygens (including phenoxy) is 3. The molecular weight excluding hydrogens is 410 g/mol. The smallest absolute Gasteiger partial charge is 0.408 e. The molecule has 0 heterocycles. The van der Waals surface area contributed by atoms with Gasteiger partial charge in [-0.15, -0.1) is 0 Å². The van der Waals surface area contributed by atoms with Gasteiger partial charge in [0.05, 0.1) is 0 Å². The quantitative estimate of drug-likeness (QED) is 0.464. The number of nitrogens with one attached hydrogen (secondary N) is 1. The number of esters is 2. The van der Waals surface area contributed by atoms with Crippen molar-refractivity contribution in [3.05, 3.63) is 71.8 Å². The summed E-state index contributed by atoms with van der Waals surface area (Å²) in [7, 11) is 0. The average molecular weight is 442 g/mol. The third kappa shape index (κ3) is 9.20. The second-order valence-corrected chi connectivity index (χ2v) is 8.40. The highest BCUT2D eigenvalue weighted by Gasteiger charge is 2.29. The third-order valence-corrected chi connectivity index (χ3v) is 4.39. The van der Waals surface area contributed by atoms with Gasteiger partial charge in [-0.25, -0.2) is 14.4 Å². The van der Waals surface area contributed by atoms with Crippen molar-refractivity contribution in [1.29, 1.82) is 0 Å². The van der Waals surface area contributed by atoms with Crippen LogP contribution in [0.25, 0.3) is 0 Å². The highest BCUT2D eigenvalue weighted by Crippen LogP contribution is 2.11. The second kappa shape index (κ2) is 11.9. The molecule has 2 atom stereocenters. The number of amides is 1. The SMILES string of the molecule is C[C@H](OC(=O)[C@@H](CCc1ccccc1)NC(=O)OC(C)(C)C)C(=O)OCc1ccccc1. The zero-order chi connectivity index (χ0) is 23.6. The Morgan fingerprint density at radius 1 is 0.875 bits per heavy atom. The molecule has 0 aliphatic carbocycles. The standard InChI is InChI=1S/C25H31NO6/c1-18(22(27)30-17-20-13-9-6-10-14-20)31-23(28)21(26-24(29)32-25(2,3)4)16-15-19-11-7-5-8-12-19/h5-14,18,21H,15-17H2,1-4H3,(H,26,29)/t18-,21+/m0/s1. The van der Waals surface area contributed by atoms with E-state index in [-0.39, 0.29) is 13.0 Å². The first-order valence-electron chi connectivity index (χ1n) is 10.6. The maximum atomic E-state index is 12.8. The van der Waals surface area contributed by atoms with E-state index in [0.717, 1.165) is 11.1 Å². The minimum atomic E-state index is -1.12. The van der Waals surface area contributed by atoms with Crippen molar-refractivity contribution in [2.75, 3.05) is 0 Å². The molecule has 0 fully saturated rings. The van der Waals surface area contributed by atoms with Gasteiger partial charge in [0.1, 0.15) is 18.2 Å². The monoisotopic (exact) mass is 441 g/mol. The van der Waals surface area contributed by atoms with Crippen LogP contribution in [0.2, 0.25) is 0 Å². The molecule has 1 N–H and O–H groups in total. The summed E-state index contributed by atoms with van der Waals surface area (Å²) in [4.78, 5) is 37.2. The van der Waals surface area contributed by atoms with Crippen LogP contribution in [0.4, 0.5) is 4.79 Å². The molecule has 0 bridgehead atoms. The molecular formula is C25H31NO6. The third-order valence-electron chi connectivity index (χ3n) is 4.39. The van der Waals surface area contributed by atoms with E-state index in [1.807, 2.05) is 60.7 Å². The molecule has 0 unspecified atom stereocenters. The Kier molecular flexibility index (Phi) is 9.25. The fourth-order valence-corrected chi connectivity index (χ4v) is 2.80. The number of aryl methyl sites for hydroxylation is 1. The number of benzene rings is 2. The molecule has 32 heavy (non-hydrogen) atoms. The summed E-state index contributed by atoms with van der Waals surface area (Å²) in [5.74, 6) is -1.39. The van der Waals surface area contributed by atoms with Crippen LogP contribution in [0, 0.1) is 0 Å². The van der Waals surface area contributed by atoms with E-state index in [1.54, 1.807) is 20.8 Å². The van der Waals surface area contributed by atoms with Crippen molar-refractivity contribution in [1.82, 2.24) is 5.32 Å². The van der Waals surface area contributed by atoms with Crippen LogP contribution < -0.4 is 5.32 Å². The lowest BCUT2D eigenvalue weighted by atomic mass is 10.1. The molecule has 0 aliphatic rings. The minimum Gasteiger partial charge on any atom is -0.458 e. The molecule has 0 aliphatic heterocycles. The number of hydrogen-bond acceptors (Lipinski definition) is 6. The fourth-order valence-electron chi connectivity index (χ4n) is 2.80. The van der Waals surface area contributed by atoms with E-state index in [1.165, 1.54) is 6.92 Å². The molecule has 7 heteroatoms. The van der Waals surface area contributed by atoms with Gasteiger partial charge < -0.3 is 19.5 Å². The Labute approximate surface area is 189 Å². The van der Waals surface area contributed by atoms with Gasteiger partial charge in [0.2, 0.25) is 0 Å². The highest BCUT2D eigenvalue weighted by atomic mass is 16.6. The van der Waals surface area contributed by atoms with Crippen LogP contribution in [0.3, 0.4) is 0 Å². The van der Waals surface area contributed by atoms with Gasteiger partial charge in [-0.1, -0.05) is 60.7 Å². The van der Waals surface area contributed by atoms with Crippen molar-refractivity contribution < 1.29 is 28.6 Å². The van der Waals surface area contributed by atoms with E-state index in [9.17, 15) is 14.4 Å². The summed E-state index contributed by atoms with van der Waals surface area (Å²) < 4.78 is 15.8. The Balaban J connectivity index is 1.96. The van der Waals surface area contributed by atoms with Crippen LogP contribution in [0.15, 0.2) is 60.7 Å². The van der Waals surface area contributed by atoms with Crippen molar-refractivity contribution >= 4 is 18.0 Å². The Hall–Kier alpha value is -3.35. The Morgan fingerprint density at radius 3 is 2.00 bits per heavy atom. The van der Waals surface area contributed by atoms with E-state index < -0.39 is 35.8 Å². The molecule has 0 spiro atoms. The topological polar surface area (TPSA) is 90.9 Å². The largest absolute Gasteiger partial charge is 0.458 e. The maximum absolute atomic E-state index is 12.8. The molecule has 0 radical (unpaired) electrons. The first kappa shape index (κ1) is 24.9. The number of carbonyl (C=O) groups excluding carboxylic acids is 3. The summed E-state index contributed by atoms with van der Waals surface area (Å²) in [6.07, 6.45) is -1.03. The zero-order valence-corrected chi connectivity index (χ0v) is 19.0. The van der Waals surface area contributed by atoms with Crippen LogP contribution in [0.5, 0.6) is 0 Å². The molecule has 2 rings (SSSR count). The lowest BCUT2D eigenvalue weighted by molar-refractivity contribution is -0.168. The Bertz CT molecular complexity index is 876. The van der Waals surface area contributed by atoms with Crippen molar-refractivity contribution in [2.24, 2.45) is 0 Å². The lowest BCUT2D eigenvalue weighted by Crippen LogP contribution is -2.46. The fraction of sp³-hybridized carbons (Fsp3) is 0.400. The summed E-state index contributed by atoms with van der Waals surface area (Å²) >= 11 is 0. The number of hydrogen-bond donors (Lipinski definition) is 1. The normalized spacial score (nSPS) is 12.9. The molecule has 0 saturated heterocycles. The summed E-state index contributed by atoms with van der Waals surface area (Å²) in [5, 5.41) is 2.56. The molecule has 7 nitrogen and oxygen atoms in total.